The number of nitrogens with zero attached hydrogens (tertiary/aromatic N) is 6. The predicted molar refractivity (Wildman–Crippen MR) is 112 cm³/mol. The number of anilines is 2. The first-order valence-electron chi connectivity index (χ1n) is 9.70. The molecule has 1 aromatic carbocycles. The van der Waals surface area contributed by atoms with Crippen molar-refractivity contribution in [3.63, 3.8) is 0 Å². The maximum absolute atomic E-state index is 8.87. The Bertz CT molecular complexity index is 972. The van der Waals surface area contributed by atoms with Gasteiger partial charge in [0.15, 0.2) is 5.82 Å². The summed E-state index contributed by atoms with van der Waals surface area (Å²) in [6.45, 7) is 6.09. The van der Waals surface area contributed by atoms with Gasteiger partial charge in [-0.05, 0) is 55.5 Å². The zero-order valence-electron chi connectivity index (χ0n) is 16.3. The van der Waals surface area contributed by atoms with Gasteiger partial charge in [0, 0.05) is 31.7 Å². The third-order valence-corrected chi connectivity index (χ3v) is 4.94. The minimum absolute atomic E-state index is 0.440. The molecule has 1 aliphatic heterocycles. The molecule has 0 atom stereocenters. The molecule has 29 heavy (non-hydrogen) atoms. The van der Waals surface area contributed by atoms with E-state index < -0.39 is 0 Å². The van der Waals surface area contributed by atoms with Crippen LogP contribution >= 0.6 is 0 Å². The van der Waals surface area contributed by atoms with Crippen LogP contribution in [0.25, 0.3) is 11.3 Å². The molecule has 0 amide bonds. The molecular formula is C22H22N6O. The number of nitriles is 1. The summed E-state index contributed by atoms with van der Waals surface area (Å²) in [5, 5.41) is 17.7. The van der Waals surface area contributed by atoms with Crippen LogP contribution in [0.15, 0.2) is 54.7 Å². The predicted octanol–water partition coefficient (Wildman–Crippen LogP) is 3.14. The smallest absolute Gasteiger partial charge is 0.151 e. The second kappa shape index (κ2) is 8.57. The van der Waals surface area contributed by atoms with E-state index >= 15 is 0 Å². The number of hydrogen-bond donors (Lipinski definition) is 0. The number of piperazine rings is 1. The van der Waals surface area contributed by atoms with E-state index in [1.165, 1.54) is 0 Å². The number of aromatic nitrogens is 3. The maximum Gasteiger partial charge on any atom is 0.151 e. The number of hydrogen-bond acceptors (Lipinski definition) is 7. The van der Waals surface area contributed by atoms with Crippen LogP contribution in [-0.4, -0.2) is 48.0 Å². The topological polar surface area (TPSA) is 78.2 Å². The standard InChI is InChI=1S/C22H22N6O/c1-2-29-20-7-3-17(4-8-20)21-9-10-22(26-25-21)28-13-11-27(12-14-28)19-6-5-18(15-23)24-16-19/h3-10,16H,2,11-14H2,1H3. The minimum atomic E-state index is 0.440. The molecule has 2 aromatic heterocycles. The minimum Gasteiger partial charge on any atom is -0.494 e. The second-order valence-corrected chi connectivity index (χ2v) is 6.72. The maximum atomic E-state index is 8.87. The third-order valence-electron chi connectivity index (χ3n) is 4.94. The van der Waals surface area contributed by atoms with Gasteiger partial charge < -0.3 is 14.5 Å². The van der Waals surface area contributed by atoms with Crippen molar-refractivity contribution in [1.29, 1.82) is 5.26 Å². The number of benzene rings is 1. The summed E-state index contributed by atoms with van der Waals surface area (Å²) in [5.74, 6) is 1.74. The monoisotopic (exact) mass is 386 g/mol. The van der Waals surface area contributed by atoms with Gasteiger partial charge in [-0.2, -0.15) is 5.26 Å². The molecule has 146 valence electrons. The van der Waals surface area contributed by atoms with E-state index in [4.69, 9.17) is 10.00 Å². The molecule has 4 rings (SSSR count). The number of rotatable bonds is 5. The molecule has 7 nitrogen and oxygen atoms in total. The normalized spacial score (nSPS) is 13.8. The lowest BCUT2D eigenvalue weighted by Crippen LogP contribution is -2.46. The Morgan fingerprint density at radius 1 is 0.931 bits per heavy atom. The molecular weight excluding hydrogens is 364 g/mol. The van der Waals surface area contributed by atoms with E-state index in [1.807, 2.05) is 49.4 Å². The van der Waals surface area contributed by atoms with E-state index in [9.17, 15) is 0 Å². The van der Waals surface area contributed by atoms with E-state index in [1.54, 1.807) is 12.3 Å². The van der Waals surface area contributed by atoms with Crippen molar-refractivity contribution in [3.8, 4) is 23.1 Å². The van der Waals surface area contributed by atoms with Crippen LogP contribution < -0.4 is 14.5 Å². The van der Waals surface area contributed by atoms with Crippen molar-refractivity contribution < 1.29 is 4.74 Å². The molecule has 3 heterocycles. The van der Waals surface area contributed by atoms with Crippen molar-refractivity contribution in [2.24, 2.45) is 0 Å². The molecule has 0 unspecified atom stereocenters. The summed E-state index contributed by atoms with van der Waals surface area (Å²) in [5.41, 5.74) is 3.35. The molecule has 1 aliphatic rings. The molecule has 7 heteroatoms. The summed E-state index contributed by atoms with van der Waals surface area (Å²) < 4.78 is 5.48. The van der Waals surface area contributed by atoms with Crippen LogP contribution in [0.1, 0.15) is 12.6 Å². The lowest BCUT2D eigenvalue weighted by atomic mass is 10.1. The fourth-order valence-corrected chi connectivity index (χ4v) is 3.37. The first kappa shape index (κ1) is 18.7. The van der Waals surface area contributed by atoms with Crippen molar-refractivity contribution >= 4 is 11.5 Å². The molecule has 0 aliphatic carbocycles. The van der Waals surface area contributed by atoms with Crippen LogP contribution in [0.4, 0.5) is 11.5 Å². The van der Waals surface area contributed by atoms with Gasteiger partial charge in [0.05, 0.1) is 24.2 Å². The van der Waals surface area contributed by atoms with Gasteiger partial charge in [-0.25, -0.2) is 4.98 Å². The molecule has 1 saturated heterocycles. The van der Waals surface area contributed by atoms with Crippen LogP contribution in [0.5, 0.6) is 5.75 Å². The van der Waals surface area contributed by atoms with Gasteiger partial charge >= 0.3 is 0 Å². The van der Waals surface area contributed by atoms with Gasteiger partial charge in [0.25, 0.3) is 0 Å². The Balaban J connectivity index is 1.38. The van der Waals surface area contributed by atoms with E-state index in [-0.39, 0.29) is 0 Å². The van der Waals surface area contributed by atoms with E-state index in [0.717, 1.165) is 54.7 Å². The second-order valence-electron chi connectivity index (χ2n) is 6.72. The summed E-state index contributed by atoms with van der Waals surface area (Å²) >= 11 is 0. The molecule has 0 N–H and O–H groups in total. The average Bonchev–Trinajstić information content (AvgIpc) is 2.80. The fraction of sp³-hybridized carbons (Fsp3) is 0.273. The Kier molecular flexibility index (Phi) is 5.52. The van der Waals surface area contributed by atoms with Crippen LogP contribution in [0.2, 0.25) is 0 Å². The highest BCUT2D eigenvalue weighted by atomic mass is 16.5. The van der Waals surface area contributed by atoms with E-state index in [2.05, 4.69) is 31.1 Å². The molecule has 0 bridgehead atoms. The van der Waals surface area contributed by atoms with Gasteiger partial charge in [-0.1, -0.05) is 0 Å². The molecule has 0 radical (unpaired) electrons. The van der Waals surface area contributed by atoms with Crippen molar-refractivity contribution in [2.75, 3.05) is 42.6 Å². The van der Waals surface area contributed by atoms with E-state index in [0.29, 0.717) is 12.3 Å². The van der Waals surface area contributed by atoms with Crippen LogP contribution in [0, 0.1) is 11.3 Å². The number of pyridine rings is 1. The summed E-state index contributed by atoms with van der Waals surface area (Å²) in [6, 6.07) is 17.7. The highest BCUT2D eigenvalue weighted by Crippen LogP contribution is 2.23. The Labute approximate surface area is 170 Å². The summed E-state index contributed by atoms with van der Waals surface area (Å²) in [6.07, 6.45) is 1.76. The first-order chi connectivity index (χ1) is 14.3. The largest absolute Gasteiger partial charge is 0.494 e. The zero-order valence-corrected chi connectivity index (χ0v) is 16.3. The molecule has 3 aromatic rings. The van der Waals surface area contributed by atoms with Crippen molar-refractivity contribution in [1.82, 2.24) is 15.2 Å². The quantitative estimate of drug-likeness (QED) is 0.666. The van der Waals surface area contributed by atoms with Crippen LogP contribution in [-0.2, 0) is 0 Å². The SMILES string of the molecule is CCOc1ccc(-c2ccc(N3CCN(c4ccc(C#N)nc4)CC3)nn2)cc1. The van der Waals surface area contributed by atoms with Crippen molar-refractivity contribution in [2.45, 2.75) is 6.92 Å². The number of ether oxygens (including phenoxy) is 1. The Hall–Kier alpha value is -3.66. The molecule has 1 fully saturated rings. The third kappa shape index (κ3) is 4.27. The highest BCUT2D eigenvalue weighted by Gasteiger charge is 2.19. The average molecular weight is 386 g/mol. The zero-order chi connectivity index (χ0) is 20.1. The Morgan fingerprint density at radius 3 is 2.28 bits per heavy atom. The lowest BCUT2D eigenvalue weighted by molar-refractivity contribution is 0.340. The first-order valence-corrected chi connectivity index (χ1v) is 9.70. The fourth-order valence-electron chi connectivity index (χ4n) is 3.37. The Morgan fingerprint density at radius 2 is 1.69 bits per heavy atom. The molecule has 0 spiro atoms. The molecule has 0 saturated carbocycles. The summed E-state index contributed by atoms with van der Waals surface area (Å²) in [7, 11) is 0. The lowest BCUT2D eigenvalue weighted by Gasteiger charge is -2.36. The highest BCUT2D eigenvalue weighted by molar-refractivity contribution is 5.61. The van der Waals surface area contributed by atoms with Gasteiger partial charge in [-0.15, -0.1) is 10.2 Å². The van der Waals surface area contributed by atoms with Gasteiger partial charge in [0.2, 0.25) is 0 Å². The van der Waals surface area contributed by atoms with Gasteiger partial charge in [-0.3, -0.25) is 0 Å². The van der Waals surface area contributed by atoms with Crippen LogP contribution in [0.3, 0.4) is 0 Å². The van der Waals surface area contributed by atoms with Gasteiger partial charge in [0.1, 0.15) is 17.5 Å². The van der Waals surface area contributed by atoms with Crippen molar-refractivity contribution in [3.05, 3.63) is 60.4 Å². The summed E-state index contributed by atoms with van der Waals surface area (Å²) in [4.78, 5) is 8.67.